The predicted octanol–water partition coefficient (Wildman–Crippen LogP) is -0.410. The molecule has 0 atom stereocenters. The first kappa shape index (κ1) is 25.7. The average Bonchev–Trinajstić information content (AvgIpc) is 2.03. The number of likely N-dealkylation sites (N-methyl/N-ethyl adjacent to an activating group) is 1. The molecule has 0 aliphatic rings. The Labute approximate surface area is 112 Å². The quantitative estimate of drug-likeness (QED) is 0.300. The molecule has 0 radical (unpaired) electrons. The van der Waals surface area contributed by atoms with Crippen molar-refractivity contribution in [2.24, 2.45) is 0 Å². The Morgan fingerprint density at radius 1 is 1.47 bits per heavy atom. The maximum atomic E-state index is 9.33. The molecule has 0 saturated heterocycles. The zero-order valence-electron chi connectivity index (χ0n) is 9.81. The van der Waals surface area contributed by atoms with Gasteiger partial charge in [-0.3, -0.25) is 13.6 Å². The van der Waals surface area contributed by atoms with E-state index in [1.165, 1.54) is 0 Å². The van der Waals surface area contributed by atoms with Gasteiger partial charge in [-0.05, 0) is 7.05 Å². The van der Waals surface area contributed by atoms with Crippen LogP contribution in [0, 0.1) is 0 Å². The van der Waals surface area contributed by atoms with Crippen LogP contribution in [-0.2, 0) is 14.6 Å². The number of hydrogen-bond acceptors (Lipinski definition) is 7. The fourth-order valence-electron chi connectivity index (χ4n) is 0.574. The third-order valence-corrected chi connectivity index (χ3v) is 1.55. The largest absolute Gasteiger partial charge is 0.397 e. The van der Waals surface area contributed by atoms with E-state index in [9.17, 15) is 8.42 Å². The van der Waals surface area contributed by atoms with Gasteiger partial charge >= 0.3 is 10.4 Å². The molecule has 8 nitrogen and oxygen atoms in total. The molecule has 0 saturated carbocycles. The molecule has 108 valence electrons. The van der Waals surface area contributed by atoms with Crippen LogP contribution >= 0.6 is 17.0 Å². The van der Waals surface area contributed by atoms with Gasteiger partial charge in [0.25, 0.3) is 0 Å². The molecule has 0 rings (SSSR count). The number of aliphatic hydroxyl groups excluding tert-OH is 1. The van der Waals surface area contributed by atoms with Crippen molar-refractivity contribution in [3.05, 3.63) is 12.7 Å². The highest BCUT2D eigenvalue weighted by atomic mass is 79.9. The van der Waals surface area contributed by atoms with Crippen molar-refractivity contribution in [3.63, 3.8) is 0 Å². The molecule has 0 aliphatic carbocycles. The van der Waals surface area contributed by atoms with Crippen molar-refractivity contribution >= 4 is 27.4 Å². The predicted molar refractivity (Wildman–Crippen MR) is 69.8 cm³/mol. The van der Waals surface area contributed by atoms with Crippen LogP contribution in [0.2, 0.25) is 0 Å². The molecule has 0 aromatic carbocycles. The topological polar surface area (TPSA) is 142 Å². The summed E-state index contributed by atoms with van der Waals surface area (Å²) >= 11 is 0. The van der Waals surface area contributed by atoms with E-state index < -0.39 is 16.7 Å². The Bertz CT molecular complexity index is 259. The molecule has 17 heavy (non-hydrogen) atoms. The minimum Gasteiger partial charge on any atom is -0.367 e. The van der Waals surface area contributed by atoms with Crippen molar-refractivity contribution < 1.29 is 27.4 Å². The Morgan fingerprint density at radius 3 is 2.00 bits per heavy atom. The van der Waals surface area contributed by atoms with Crippen LogP contribution in [0.4, 0.5) is 0 Å². The highest BCUT2D eigenvalue weighted by molar-refractivity contribution is 8.93. The summed E-state index contributed by atoms with van der Waals surface area (Å²) in [7, 11) is -1.50. The highest BCUT2D eigenvalue weighted by Crippen LogP contribution is 1.84. The van der Waals surface area contributed by atoms with E-state index in [0.29, 0.717) is 6.54 Å². The molecule has 0 spiro atoms. The minimum absolute atomic E-state index is 0. The highest BCUT2D eigenvalue weighted by Gasteiger charge is 2.00. The van der Waals surface area contributed by atoms with Gasteiger partial charge in [-0.2, -0.15) is 8.42 Å². The third kappa shape index (κ3) is 31.3. The summed E-state index contributed by atoms with van der Waals surface area (Å²) in [6, 6.07) is 0. The lowest BCUT2D eigenvalue weighted by molar-refractivity contribution is -0.0557. The van der Waals surface area contributed by atoms with Gasteiger partial charge < -0.3 is 16.4 Å². The number of aliphatic hydroxyl groups is 2. The van der Waals surface area contributed by atoms with Gasteiger partial charge in [-0.25, -0.2) is 0 Å². The second-order valence-electron chi connectivity index (χ2n) is 2.58. The van der Waals surface area contributed by atoms with Gasteiger partial charge in [0.15, 0.2) is 6.29 Å². The van der Waals surface area contributed by atoms with Crippen LogP contribution < -0.4 is 6.15 Å². The lowest BCUT2D eigenvalue weighted by atomic mass is 10.5. The summed E-state index contributed by atoms with van der Waals surface area (Å²) in [5.41, 5.74) is 0. The second-order valence-corrected chi connectivity index (χ2v) is 3.77. The second kappa shape index (κ2) is 14.0. The normalized spacial score (nSPS) is 9.82. The van der Waals surface area contributed by atoms with E-state index in [0.717, 1.165) is 7.11 Å². The SMILES string of the molecule is Br.C=CCN(C)CC(O)O.COS(=O)(=O)O.N. The van der Waals surface area contributed by atoms with Crippen molar-refractivity contribution in [1.29, 1.82) is 0 Å². The van der Waals surface area contributed by atoms with Crippen molar-refractivity contribution in [2.45, 2.75) is 6.29 Å². The first-order chi connectivity index (χ1) is 6.72. The fourth-order valence-corrected chi connectivity index (χ4v) is 0.574. The van der Waals surface area contributed by atoms with E-state index in [1.54, 1.807) is 18.0 Å². The number of rotatable bonds is 5. The van der Waals surface area contributed by atoms with E-state index in [2.05, 4.69) is 10.8 Å². The number of nitrogens with zero attached hydrogens (tertiary/aromatic N) is 1. The average molecular weight is 341 g/mol. The van der Waals surface area contributed by atoms with Gasteiger partial charge in [-0.1, -0.05) is 6.08 Å². The summed E-state index contributed by atoms with van der Waals surface area (Å²) in [5.74, 6) is 0. The lowest BCUT2D eigenvalue weighted by Gasteiger charge is -2.14. The molecule has 0 amide bonds. The monoisotopic (exact) mass is 340 g/mol. The van der Waals surface area contributed by atoms with Gasteiger partial charge in [0.2, 0.25) is 0 Å². The van der Waals surface area contributed by atoms with Crippen LogP contribution in [0.3, 0.4) is 0 Å². The van der Waals surface area contributed by atoms with E-state index in [1.807, 2.05) is 0 Å². The van der Waals surface area contributed by atoms with Gasteiger partial charge in [0.1, 0.15) is 0 Å². The molecular formula is C7H21BrN2O6S. The summed E-state index contributed by atoms with van der Waals surface area (Å²) in [4.78, 5) is 1.76. The minimum atomic E-state index is -4.16. The molecule has 6 N–H and O–H groups in total. The molecular weight excluding hydrogens is 320 g/mol. The maximum Gasteiger partial charge on any atom is 0.397 e. The third-order valence-electron chi connectivity index (χ3n) is 1.13. The summed E-state index contributed by atoms with van der Waals surface area (Å²) < 4.78 is 29.7. The van der Waals surface area contributed by atoms with Crippen molar-refractivity contribution in [1.82, 2.24) is 11.1 Å². The van der Waals surface area contributed by atoms with E-state index in [4.69, 9.17) is 14.8 Å². The van der Waals surface area contributed by atoms with Gasteiger partial charge in [0.05, 0.1) is 7.11 Å². The maximum absolute atomic E-state index is 9.33. The standard InChI is InChI=1S/C6H13NO2.CH4O4S.BrH.H3N/c1-3-4-7(2)5-6(8)9;1-5-6(2,3)4;;/h3,6,8-9H,1,4-5H2,2H3;1H3,(H,2,3,4);1H;1H3. The first-order valence-corrected chi connectivity index (χ1v) is 5.28. The molecule has 0 aliphatic heterocycles. The number of hydrogen-bond donors (Lipinski definition) is 4. The molecule has 10 heteroatoms. The summed E-state index contributed by atoms with van der Waals surface area (Å²) in [6.45, 7) is 4.45. The fraction of sp³-hybridized carbons (Fsp3) is 0.714. The van der Waals surface area contributed by atoms with Crippen LogP contribution in [0.1, 0.15) is 0 Å². The number of halogens is 1. The smallest absolute Gasteiger partial charge is 0.367 e. The Hall–Kier alpha value is -0.0700. The van der Waals surface area contributed by atoms with E-state index in [-0.39, 0.29) is 29.7 Å². The Balaban J connectivity index is -0.0000000945. The molecule has 0 fully saturated rings. The van der Waals surface area contributed by atoms with Crippen LogP contribution in [0.15, 0.2) is 12.7 Å². The van der Waals surface area contributed by atoms with Gasteiger partial charge in [0, 0.05) is 13.1 Å². The Morgan fingerprint density at radius 2 is 1.82 bits per heavy atom. The van der Waals surface area contributed by atoms with Crippen LogP contribution in [-0.4, -0.2) is 61.6 Å². The Kier molecular flexibility index (Phi) is 21.2. The lowest BCUT2D eigenvalue weighted by Crippen LogP contribution is -2.28. The first-order valence-electron chi connectivity index (χ1n) is 3.91. The van der Waals surface area contributed by atoms with E-state index >= 15 is 0 Å². The van der Waals surface area contributed by atoms with Gasteiger partial charge in [-0.15, -0.1) is 23.6 Å². The molecule has 0 heterocycles. The van der Waals surface area contributed by atoms with Crippen LogP contribution in [0.5, 0.6) is 0 Å². The molecule has 0 aromatic rings. The zero-order valence-corrected chi connectivity index (χ0v) is 12.3. The summed E-state index contributed by atoms with van der Waals surface area (Å²) in [6.07, 6.45) is 0.470. The molecule has 0 unspecified atom stereocenters. The molecule has 0 bridgehead atoms. The zero-order chi connectivity index (χ0) is 12.5. The summed E-state index contributed by atoms with van der Waals surface area (Å²) in [5, 5.41) is 16.9. The van der Waals surface area contributed by atoms with Crippen molar-refractivity contribution in [2.75, 3.05) is 27.2 Å². The molecule has 0 aromatic heterocycles. The van der Waals surface area contributed by atoms with Crippen molar-refractivity contribution in [3.8, 4) is 0 Å². The van der Waals surface area contributed by atoms with Crippen LogP contribution in [0.25, 0.3) is 0 Å².